The minimum Gasteiger partial charge on any atom is -0.478 e. The second kappa shape index (κ2) is 24.5. The quantitative estimate of drug-likeness (QED) is 0.0752. The van der Waals surface area contributed by atoms with Gasteiger partial charge in [-0.2, -0.15) is 4.98 Å². The lowest BCUT2D eigenvalue weighted by atomic mass is 10.0. The number of ether oxygens (including phenoxy) is 1. The number of hydrogen-bond acceptors (Lipinski definition) is 6. The van der Waals surface area contributed by atoms with Crippen LogP contribution >= 0.6 is 0 Å². The summed E-state index contributed by atoms with van der Waals surface area (Å²) in [5, 5.41) is 2.62. The summed E-state index contributed by atoms with van der Waals surface area (Å²) in [4.78, 5) is 37.2. The number of hydrogen-bond donors (Lipinski definition) is 0. The summed E-state index contributed by atoms with van der Waals surface area (Å²) in [6.07, 6.45) is 36.8. The molecule has 3 aromatic rings. The van der Waals surface area contributed by atoms with Gasteiger partial charge in [0.2, 0.25) is 17.7 Å². The number of carbonyl (C=O) groups is 2. The molecule has 2 aromatic carbocycles. The van der Waals surface area contributed by atoms with Crippen molar-refractivity contribution in [3.63, 3.8) is 0 Å². The van der Waals surface area contributed by atoms with Crippen molar-refractivity contribution in [2.45, 2.75) is 90.4 Å². The van der Waals surface area contributed by atoms with Crippen LogP contribution in [0.4, 0.5) is 11.5 Å². The lowest BCUT2D eigenvalue weighted by Gasteiger charge is -2.36. The second-order valence-electron chi connectivity index (χ2n) is 14.4. The van der Waals surface area contributed by atoms with Crippen LogP contribution in [0.2, 0.25) is 0 Å². The van der Waals surface area contributed by atoms with Gasteiger partial charge in [-0.15, -0.1) is 0 Å². The van der Waals surface area contributed by atoms with Gasteiger partial charge in [0.05, 0.1) is 6.61 Å². The molecule has 1 saturated heterocycles. The van der Waals surface area contributed by atoms with Gasteiger partial charge >= 0.3 is 0 Å². The van der Waals surface area contributed by atoms with E-state index in [9.17, 15) is 9.59 Å². The third-order valence-electron chi connectivity index (χ3n) is 10.2. The van der Waals surface area contributed by atoms with E-state index in [1.54, 1.807) is 0 Å². The van der Waals surface area contributed by atoms with E-state index in [2.05, 4.69) is 137 Å². The SMILES string of the molecule is CC/C=C\C/C=C\C/C=C\C/C=C\C/C=C\C/C=C\CCCC(=O)N1C(=O)CCc2ccc(OCCCCN3CCN(c4cccc5ccccc45)CC3)nc21. The Bertz CT molecular complexity index is 1840. The largest absolute Gasteiger partial charge is 0.478 e. The number of anilines is 2. The molecule has 296 valence electrons. The van der Waals surface area contributed by atoms with Crippen LogP contribution in [0.1, 0.15) is 89.5 Å². The molecule has 0 atom stereocenters. The maximum Gasteiger partial charge on any atom is 0.235 e. The Morgan fingerprint density at radius 1 is 0.696 bits per heavy atom. The van der Waals surface area contributed by atoms with Gasteiger partial charge in [0.1, 0.15) is 5.82 Å². The number of nitrogens with zero attached hydrogens (tertiary/aromatic N) is 4. The number of rotatable bonds is 22. The Kier molecular flexibility index (Phi) is 18.4. The number of allylic oxidation sites excluding steroid dienone is 12. The molecule has 2 aliphatic heterocycles. The first-order valence-corrected chi connectivity index (χ1v) is 21.0. The smallest absolute Gasteiger partial charge is 0.235 e. The molecule has 0 saturated carbocycles. The predicted molar refractivity (Wildman–Crippen MR) is 234 cm³/mol. The molecule has 2 amide bonds. The van der Waals surface area contributed by atoms with Crippen LogP contribution in [-0.2, 0) is 16.0 Å². The number of carbonyl (C=O) groups excluding carboxylic acids is 2. The number of aryl methyl sites for hydroxylation is 1. The third-order valence-corrected chi connectivity index (χ3v) is 10.2. The number of unbranched alkanes of at least 4 members (excludes halogenated alkanes) is 2. The maximum atomic E-state index is 13.2. The number of aromatic nitrogens is 1. The molecule has 1 aromatic heterocycles. The van der Waals surface area contributed by atoms with E-state index in [-0.39, 0.29) is 11.8 Å². The second-order valence-corrected chi connectivity index (χ2v) is 14.4. The summed E-state index contributed by atoms with van der Waals surface area (Å²) in [7, 11) is 0. The van der Waals surface area contributed by atoms with Gasteiger partial charge in [0, 0.05) is 56.2 Å². The molecule has 0 N–H and O–H groups in total. The van der Waals surface area contributed by atoms with Crippen molar-refractivity contribution in [3.05, 3.63) is 133 Å². The first-order chi connectivity index (χ1) is 27.6. The van der Waals surface area contributed by atoms with Crippen molar-refractivity contribution in [3.8, 4) is 5.88 Å². The summed E-state index contributed by atoms with van der Waals surface area (Å²) in [5.74, 6) is 0.550. The Morgan fingerprint density at radius 3 is 2.04 bits per heavy atom. The average molecular weight is 755 g/mol. The highest BCUT2D eigenvalue weighted by Gasteiger charge is 2.31. The molecule has 0 bridgehead atoms. The summed E-state index contributed by atoms with van der Waals surface area (Å²) in [6, 6.07) is 19.0. The lowest BCUT2D eigenvalue weighted by Crippen LogP contribution is -2.46. The van der Waals surface area contributed by atoms with Gasteiger partial charge in [-0.3, -0.25) is 14.5 Å². The molecule has 0 aliphatic carbocycles. The van der Waals surface area contributed by atoms with Gasteiger partial charge in [-0.25, -0.2) is 4.90 Å². The molecule has 7 nitrogen and oxygen atoms in total. The molecule has 5 rings (SSSR count). The molecule has 1 fully saturated rings. The van der Waals surface area contributed by atoms with Crippen molar-refractivity contribution >= 4 is 34.1 Å². The first kappa shape index (κ1) is 42.1. The fourth-order valence-electron chi connectivity index (χ4n) is 7.09. The topological polar surface area (TPSA) is 66.0 Å². The minimum atomic E-state index is -0.188. The summed E-state index contributed by atoms with van der Waals surface area (Å²) in [6.45, 7) is 7.90. The van der Waals surface area contributed by atoms with Crippen molar-refractivity contribution in [1.82, 2.24) is 9.88 Å². The zero-order valence-electron chi connectivity index (χ0n) is 33.6. The monoisotopic (exact) mass is 754 g/mol. The summed E-state index contributed by atoms with van der Waals surface area (Å²) < 4.78 is 6.03. The molecular weight excluding hydrogens is 693 g/mol. The normalized spacial score (nSPS) is 15.6. The molecule has 3 heterocycles. The molecule has 7 heteroatoms. The number of imide groups is 1. The van der Waals surface area contributed by atoms with Crippen LogP contribution in [0.5, 0.6) is 5.88 Å². The number of pyridine rings is 1. The van der Waals surface area contributed by atoms with E-state index in [0.29, 0.717) is 44.0 Å². The van der Waals surface area contributed by atoms with Crippen LogP contribution in [-0.4, -0.2) is 61.0 Å². The highest BCUT2D eigenvalue weighted by molar-refractivity contribution is 6.15. The zero-order valence-corrected chi connectivity index (χ0v) is 33.6. The Hall–Kier alpha value is -5.01. The van der Waals surface area contributed by atoms with Gasteiger partial charge in [0.25, 0.3) is 0 Å². The third kappa shape index (κ3) is 13.9. The van der Waals surface area contributed by atoms with Crippen molar-refractivity contribution in [2.75, 3.05) is 49.1 Å². The van der Waals surface area contributed by atoms with E-state index in [0.717, 1.165) is 96.1 Å². The van der Waals surface area contributed by atoms with Crippen molar-refractivity contribution in [2.24, 2.45) is 0 Å². The maximum absolute atomic E-state index is 13.2. The number of amides is 2. The van der Waals surface area contributed by atoms with Gasteiger partial charge in [-0.05, 0) is 100 Å². The van der Waals surface area contributed by atoms with Gasteiger partial charge in [0.15, 0.2) is 0 Å². The molecule has 0 spiro atoms. The minimum absolute atomic E-state index is 0.179. The van der Waals surface area contributed by atoms with E-state index in [1.165, 1.54) is 21.4 Å². The van der Waals surface area contributed by atoms with E-state index >= 15 is 0 Å². The molecule has 2 aliphatic rings. The van der Waals surface area contributed by atoms with Crippen molar-refractivity contribution in [1.29, 1.82) is 0 Å². The van der Waals surface area contributed by atoms with Gasteiger partial charge < -0.3 is 9.64 Å². The fraction of sp³-hybridized carbons (Fsp3) is 0.408. The average Bonchev–Trinajstić information content (AvgIpc) is 3.22. The molecule has 0 radical (unpaired) electrons. The standard InChI is InChI=1S/C49H62N4O3/c1-2-3-4-5-6-7-8-9-10-11-12-13-14-15-16-17-18-19-20-21-31-47(54)53-48(55)35-33-43-32-34-46(50-49(43)53)56-41-25-24-36-51-37-39-52(40-38-51)45-30-26-28-42-27-22-23-29-44(42)45/h3-4,6-7,9-10,12-13,15-16,18-19,22-23,26-30,32,34H,2,5,8,11,14,17,20-21,24-25,31,33,35-41H2,1H3/b4-3-,7-6-,10-9-,13-12-,16-15-,19-18-. The predicted octanol–water partition coefficient (Wildman–Crippen LogP) is 10.9. The van der Waals surface area contributed by atoms with E-state index in [4.69, 9.17) is 4.74 Å². The van der Waals surface area contributed by atoms with Crippen LogP contribution in [0.3, 0.4) is 0 Å². The van der Waals surface area contributed by atoms with Crippen molar-refractivity contribution < 1.29 is 14.3 Å². The highest BCUT2D eigenvalue weighted by Crippen LogP contribution is 2.30. The molecule has 56 heavy (non-hydrogen) atoms. The van der Waals surface area contributed by atoms with E-state index < -0.39 is 0 Å². The fourth-order valence-corrected chi connectivity index (χ4v) is 7.09. The molecular formula is C49H62N4O3. The summed E-state index contributed by atoms with van der Waals surface area (Å²) >= 11 is 0. The Balaban J connectivity index is 0.938. The Labute approximate surface area is 335 Å². The van der Waals surface area contributed by atoms with Crippen LogP contribution in [0.25, 0.3) is 10.8 Å². The highest BCUT2D eigenvalue weighted by atomic mass is 16.5. The number of fused-ring (bicyclic) bond motifs is 2. The van der Waals surface area contributed by atoms with Crippen LogP contribution in [0, 0.1) is 0 Å². The summed E-state index contributed by atoms with van der Waals surface area (Å²) in [5.41, 5.74) is 2.25. The number of benzene rings is 2. The van der Waals surface area contributed by atoms with Crippen LogP contribution < -0.4 is 14.5 Å². The van der Waals surface area contributed by atoms with Gasteiger partial charge in [-0.1, -0.05) is 116 Å². The Morgan fingerprint density at radius 2 is 1.34 bits per heavy atom. The van der Waals surface area contributed by atoms with Crippen LogP contribution in [0.15, 0.2) is 128 Å². The number of piperazine rings is 1. The lowest BCUT2D eigenvalue weighted by molar-refractivity contribution is -0.126. The first-order valence-electron chi connectivity index (χ1n) is 21.0. The molecule has 0 unspecified atom stereocenters. The zero-order chi connectivity index (χ0) is 39.0. The van der Waals surface area contributed by atoms with E-state index in [1.807, 2.05) is 12.1 Å².